The van der Waals surface area contributed by atoms with Crippen molar-refractivity contribution in [3.8, 4) is 10.4 Å². The van der Waals surface area contributed by atoms with Gasteiger partial charge in [0.1, 0.15) is 11.9 Å². The molecule has 2 aromatic rings. The molecule has 0 unspecified atom stereocenters. The van der Waals surface area contributed by atoms with E-state index in [0.29, 0.717) is 0 Å². The summed E-state index contributed by atoms with van der Waals surface area (Å²) in [7, 11) is 0. The fourth-order valence-corrected chi connectivity index (χ4v) is 3.08. The van der Waals surface area contributed by atoms with E-state index in [4.69, 9.17) is 4.74 Å². The smallest absolute Gasteiger partial charge is 0.408 e. The van der Waals surface area contributed by atoms with Gasteiger partial charge < -0.3 is 14.8 Å². The first-order chi connectivity index (χ1) is 11.3. The number of alkyl carbamates (subject to hydrolysis) is 1. The van der Waals surface area contributed by atoms with Crippen LogP contribution in [-0.2, 0) is 9.53 Å². The minimum atomic E-state index is -0.580. The number of aldehydes is 1. The lowest BCUT2D eigenvalue weighted by atomic mass is 10.0. The molecule has 2 rings (SSSR count). The SMILES string of the molecule is Cc1ncsc1-c1ccc([C@H](CC=O)NC(=O)OC(C)(C)C)cc1. The highest BCUT2D eigenvalue weighted by Gasteiger charge is 2.20. The van der Waals surface area contributed by atoms with Crippen molar-refractivity contribution in [3.63, 3.8) is 0 Å². The number of aryl methyl sites for hydroxylation is 1. The van der Waals surface area contributed by atoms with Gasteiger partial charge in [-0.3, -0.25) is 0 Å². The number of carbonyl (C=O) groups excluding carboxylic acids is 2. The van der Waals surface area contributed by atoms with Gasteiger partial charge in [0.15, 0.2) is 0 Å². The Hall–Kier alpha value is -2.21. The number of carbonyl (C=O) groups is 2. The number of nitrogens with zero attached hydrogens (tertiary/aromatic N) is 1. The van der Waals surface area contributed by atoms with Gasteiger partial charge in [-0.25, -0.2) is 9.78 Å². The van der Waals surface area contributed by atoms with Crippen LogP contribution in [0.3, 0.4) is 0 Å². The Bertz CT molecular complexity index is 702. The number of nitrogens with one attached hydrogen (secondary N) is 1. The lowest BCUT2D eigenvalue weighted by Gasteiger charge is -2.23. The van der Waals surface area contributed by atoms with Crippen molar-refractivity contribution in [1.29, 1.82) is 0 Å². The summed E-state index contributed by atoms with van der Waals surface area (Å²) in [5.41, 5.74) is 4.16. The molecule has 0 radical (unpaired) electrons. The number of hydrogen-bond donors (Lipinski definition) is 1. The first-order valence-electron chi connectivity index (χ1n) is 7.73. The van der Waals surface area contributed by atoms with Crippen LogP contribution in [0, 0.1) is 6.92 Å². The Morgan fingerprint density at radius 3 is 2.50 bits per heavy atom. The summed E-state index contributed by atoms with van der Waals surface area (Å²) in [5, 5.41) is 2.75. The van der Waals surface area contributed by atoms with Crippen molar-refractivity contribution >= 4 is 23.7 Å². The molecule has 5 nitrogen and oxygen atoms in total. The van der Waals surface area contributed by atoms with Gasteiger partial charge >= 0.3 is 6.09 Å². The zero-order valence-electron chi connectivity index (χ0n) is 14.3. The standard InChI is InChI=1S/C18H22N2O3S/c1-12-16(24-11-19-12)14-7-5-13(6-8-14)15(9-10-21)20-17(22)23-18(2,3)4/h5-8,10-11,15H,9H2,1-4H3,(H,20,22)/t15-/m0/s1. The molecule has 0 saturated carbocycles. The van der Waals surface area contributed by atoms with Crippen LogP contribution in [0.1, 0.15) is 44.5 Å². The van der Waals surface area contributed by atoms with Gasteiger partial charge in [-0.05, 0) is 38.8 Å². The highest BCUT2D eigenvalue weighted by Crippen LogP contribution is 2.28. The van der Waals surface area contributed by atoms with Crippen molar-refractivity contribution in [2.24, 2.45) is 0 Å². The fraction of sp³-hybridized carbons (Fsp3) is 0.389. The van der Waals surface area contributed by atoms with Crippen LogP contribution in [0.15, 0.2) is 29.8 Å². The quantitative estimate of drug-likeness (QED) is 0.821. The van der Waals surface area contributed by atoms with Crippen molar-refractivity contribution in [3.05, 3.63) is 41.0 Å². The molecule has 0 aliphatic heterocycles. The van der Waals surface area contributed by atoms with E-state index in [-0.39, 0.29) is 6.42 Å². The van der Waals surface area contributed by atoms with Crippen LogP contribution in [0.5, 0.6) is 0 Å². The highest BCUT2D eigenvalue weighted by atomic mass is 32.1. The van der Waals surface area contributed by atoms with Crippen LogP contribution in [0.25, 0.3) is 10.4 Å². The summed E-state index contributed by atoms with van der Waals surface area (Å²) < 4.78 is 5.26. The number of benzene rings is 1. The maximum absolute atomic E-state index is 12.0. The second kappa shape index (κ2) is 7.57. The van der Waals surface area contributed by atoms with Gasteiger partial charge in [-0.15, -0.1) is 11.3 Å². The van der Waals surface area contributed by atoms with Gasteiger partial charge in [0.25, 0.3) is 0 Å². The average molecular weight is 346 g/mol. The number of thiazole rings is 1. The molecule has 0 saturated heterocycles. The minimum Gasteiger partial charge on any atom is -0.444 e. The molecule has 1 N–H and O–H groups in total. The summed E-state index contributed by atoms with van der Waals surface area (Å²) in [6.45, 7) is 7.37. The summed E-state index contributed by atoms with van der Waals surface area (Å²) in [6, 6.07) is 7.38. The van der Waals surface area contributed by atoms with Crippen molar-refractivity contribution < 1.29 is 14.3 Å². The molecule has 1 amide bonds. The largest absolute Gasteiger partial charge is 0.444 e. The second-order valence-electron chi connectivity index (χ2n) is 6.49. The molecular formula is C18H22N2O3S. The Morgan fingerprint density at radius 2 is 2.00 bits per heavy atom. The van der Waals surface area contributed by atoms with Gasteiger partial charge in [-0.1, -0.05) is 24.3 Å². The van der Waals surface area contributed by atoms with Crippen LogP contribution in [0.4, 0.5) is 4.79 Å². The minimum absolute atomic E-state index is 0.193. The topological polar surface area (TPSA) is 68.3 Å². The third-order valence-corrected chi connectivity index (χ3v) is 4.32. The molecule has 0 fully saturated rings. The number of amides is 1. The molecule has 24 heavy (non-hydrogen) atoms. The van der Waals surface area contributed by atoms with E-state index in [9.17, 15) is 9.59 Å². The predicted molar refractivity (Wildman–Crippen MR) is 95.1 cm³/mol. The zero-order chi connectivity index (χ0) is 17.7. The van der Waals surface area contributed by atoms with E-state index in [2.05, 4.69) is 10.3 Å². The normalized spacial score (nSPS) is 12.5. The third-order valence-electron chi connectivity index (χ3n) is 3.34. The van der Waals surface area contributed by atoms with Crippen LogP contribution >= 0.6 is 11.3 Å². The van der Waals surface area contributed by atoms with Gasteiger partial charge in [0.2, 0.25) is 0 Å². The van der Waals surface area contributed by atoms with Crippen molar-refractivity contribution in [2.75, 3.05) is 0 Å². The number of ether oxygens (including phenoxy) is 1. The lowest BCUT2D eigenvalue weighted by Crippen LogP contribution is -2.35. The molecule has 0 bridgehead atoms. The van der Waals surface area contributed by atoms with Crippen LogP contribution in [-0.4, -0.2) is 23.0 Å². The fourth-order valence-electron chi connectivity index (χ4n) is 2.27. The highest BCUT2D eigenvalue weighted by molar-refractivity contribution is 7.13. The van der Waals surface area contributed by atoms with Crippen LogP contribution < -0.4 is 5.32 Å². The Labute approximate surface area is 146 Å². The van der Waals surface area contributed by atoms with Gasteiger partial charge in [0, 0.05) is 6.42 Å². The molecular weight excluding hydrogens is 324 g/mol. The van der Waals surface area contributed by atoms with E-state index < -0.39 is 17.7 Å². The monoisotopic (exact) mass is 346 g/mol. The van der Waals surface area contributed by atoms with E-state index in [1.807, 2.05) is 36.7 Å². The molecule has 1 atom stereocenters. The Kier molecular flexibility index (Phi) is 5.72. The zero-order valence-corrected chi connectivity index (χ0v) is 15.1. The molecule has 128 valence electrons. The molecule has 0 aliphatic carbocycles. The first-order valence-corrected chi connectivity index (χ1v) is 8.61. The van der Waals surface area contributed by atoms with Gasteiger partial charge in [0.05, 0.1) is 22.1 Å². The molecule has 1 aromatic heterocycles. The number of rotatable bonds is 5. The lowest BCUT2D eigenvalue weighted by molar-refractivity contribution is -0.108. The Morgan fingerprint density at radius 1 is 1.33 bits per heavy atom. The molecule has 1 heterocycles. The van der Waals surface area contributed by atoms with Gasteiger partial charge in [-0.2, -0.15) is 0 Å². The van der Waals surface area contributed by atoms with E-state index in [0.717, 1.165) is 28.0 Å². The first kappa shape index (κ1) is 18.1. The molecule has 0 spiro atoms. The van der Waals surface area contributed by atoms with E-state index in [1.165, 1.54) is 0 Å². The average Bonchev–Trinajstić information content (AvgIpc) is 2.91. The van der Waals surface area contributed by atoms with Crippen molar-refractivity contribution in [1.82, 2.24) is 10.3 Å². The summed E-state index contributed by atoms with van der Waals surface area (Å²) in [5.74, 6) is 0. The van der Waals surface area contributed by atoms with Crippen LogP contribution in [0.2, 0.25) is 0 Å². The Balaban J connectivity index is 2.15. The van der Waals surface area contributed by atoms with E-state index in [1.54, 1.807) is 32.1 Å². The molecule has 1 aromatic carbocycles. The number of hydrogen-bond acceptors (Lipinski definition) is 5. The maximum Gasteiger partial charge on any atom is 0.408 e. The molecule has 0 aliphatic rings. The van der Waals surface area contributed by atoms with Crippen molar-refractivity contribution in [2.45, 2.75) is 45.8 Å². The molecule has 6 heteroatoms. The second-order valence-corrected chi connectivity index (χ2v) is 7.34. The summed E-state index contributed by atoms with van der Waals surface area (Å²) in [6.07, 6.45) is 0.457. The summed E-state index contributed by atoms with van der Waals surface area (Å²) in [4.78, 5) is 28.3. The predicted octanol–water partition coefficient (Wildman–Crippen LogP) is 4.27. The summed E-state index contributed by atoms with van der Waals surface area (Å²) >= 11 is 1.59. The maximum atomic E-state index is 12.0. The van der Waals surface area contributed by atoms with E-state index >= 15 is 0 Å². The number of aromatic nitrogens is 1. The third kappa shape index (κ3) is 4.89.